The van der Waals surface area contributed by atoms with E-state index in [1.807, 2.05) is 24.3 Å². The highest BCUT2D eigenvalue weighted by Crippen LogP contribution is 2.15. The highest BCUT2D eigenvalue weighted by molar-refractivity contribution is 5.18. The molecule has 2 aromatic rings. The summed E-state index contributed by atoms with van der Waals surface area (Å²) < 4.78 is 5.78. The maximum Gasteiger partial charge on any atom is 0.130 e. The summed E-state index contributed by atoms with van der Waals surface area (Å²) in [7, 11) is 0. The van der Waals surface area contributed by atoms with Crippen molar-refractivity contribution >= 4 is 0 Å². The number of rotatable bonds is 21. The van der Waals surface area contributed by atoms with E-state index in [1.165, 1.54) is 95.7 Å². The molecule has 0 bridgehead atoms. The van der Waals surface area contributed by atoms with Crippen molar-refractivity contribution in [1.82, 2.24) is 0 Å². The molecule has 0 saturated heterocycles. The van der Waals surface area contributed by atoms with E-state index in [9.17, 15) is 5.11 Å². The van der Waals surface area contributed by atoms with Gasteiger partial charge in [0.15, 0.2) is 0 Å². The Labute approximate surface area is 228 Å². The van der Waals surface area contributed by atoms with Crippen molar-refractivity contribution < 1.29 is 27.2 Å². The molecule has 2 rings (SSSR count). The van der Waals surface area contributed by atoms with E-state index in [2.05, 4.69) is 50.2 Å². The molecule has 0 aliphatic heterocycles. The number of unbranched alkanes of at least 4 members (excludes halogenated alkanes) is 10. The van der Waals surface area contributed by atoms with Gasteiger partial charge in [-0.25, -0.2) is 0 Å². The molecule has 36 heavy (non-hydrogen) atoms. The average molecular weight is 518 g/mol. The van der Waals surface area contributed by atoms with Gasteiger partial charge in [-0.2, -0.15) is 0 Å². The summed E-state index contributed by atoms with van der Waals surface area (Å²) in [5.74, 6) is 0. The minimum absolute atomic E-state index is 0. The Morgan fingerprint density at radius 3 is 1.78 bits per heavy atom. The van der Waals surface area contributed by atoms with E-state index in [-0.39, 0.29) is 24.6 Å². The van der Waals surface area contributed by atoms with Gasteiger partial charge in [-0.1, -0.05) is 119 Å². The van der Waals surface area contributed by atoms with Crippen molar-refractivity contribution in [2.75, 3.05) is 19.7 Å². The van der Waals surface area contributed by atoms with Crippen molar-refractivity contribution in [3.8, 4) is 0 Å². The Morgan fingerprint density at radius 2 is 1.19 bits per heavy atom. The molecule has 3 nitrogen and oxygen atoms in total. The molecule has 0 aliphatic carbocycles. The standard InChI is InChI=1S/C32H51NO2.ClH/c1-3-4-25-33(29(2)32(34)31-23-17-14-18-24-31)26-19-11-9-7-5-6-8-10-12-20-27-35-28-30-21-15-13-16-22-30;/h13-18,21-24,29,32,34H,3-12,19-20,25-28H2,1-2H3;1H/t29-,32-;/m1./s1. The van der Waals surface area contributed by atoms with Crippen LogP contribution in [0.25, 0.3) is 0 Å². The summed E-state index contributed by atoms with van der Waals surface area (Å²) in [4.78, 5) is 1.57. The van der Waals surface area contributed by atoms with Crippen molar-refractivity contribution in [3.05, 3.63) is 71.8 Å². The molecule has 2 N–H and O–H groups in total. The number of quaternary nitrogens is 1. The van der Waals surface area contributed by atoms with Gasteiger partial charge < -0.3 is 27.2 Å². The summed E-state index contributed by atoms with van der Waals surface area (Å²) in [5, 5.41) is 10.9. The van der Waals surface area contributed by atoms with Gasteiger partial charge in [0, 0.05) is 6.61 Å². The third kappa shape index (κ3) is 14.4. The van der Waals surface area contributed by atoms with Crippen LogP contribution >= 0.6 is 0 Å². The van der Waals surface area contributed by atoms with Crippen LogP contribution in [-0.2, 0) is 11.3 Å². The maximum atomic E-state index is 10.9. The number of ether oxygens (including phenoxy) is 1. The second-order valence-electron chi connectivity index (χ2n) is 10.2. The molecule has 204 valence electrons. The molecule has 0 aliphatic rings. The van der Waals surface area contributed by atoms with Crippen LogP contribution in [-0.4, -0.2) is 30.8 Å². The van der Waals surface area contributed by atoms with E-state index in [0.29, 0.717) is 0 Å². The minimum Gasteiger partial charge on any atom is -1.00 e. The Bertz CT molecular complexity index is 727. The summed E-state index contributed by atoms with van der Waals surface area (Å²) in [6.07, 6.45) is 15.3. The van der Waals surface area contributed by atoms with E-state index >= 15 is 0 Å². The zero-order valence-corrected chi connectivity index (χ0v) is 23.7. The Hall–Kier alpha value is -1.39. The summed E-state index contributed by atoms with van der Waals surface area (Å²) in [6.45, 7) is 8.45. The third-order valence-electron chi connectivity index (χ3n) is 7.26. The highest BCUT2D eigenvalue weighted by atomic mass is 35.5. The molecular formula is C32H52ClNO2. The maximum absolute atomic E-state index is 10.9. The van der Waals surface area contributed by atoms with Crippen LogP contribution in [0, 0.1) is 0 Å². The van der Waals surface area contributed by atoms with Crippen LogP contribution in [0.5, 0.6) is 0 Å². The summed E-state index contributed by atoms with van der Waals surface area (Å²) in [5.41, 5.74) is 2.32. The second kappa shape index (κ2) is 21.7. The fourth-order valence-electron chi connectivity index (χ4n) is 4.88. The van der Waals surface area contributed by atoms with Gasteiger partial charge in [-0.15, -0.1) is 0 Å². The van der Waals surface area contributed by atoms with E-state index in [4.69, 9.17) is 4.74 Å². The number of aliphatic hydroxyl groups is 1. The number of aliphatic hydroxyl groups excluding tert-OH is 1. The van der Waals surface area contributed by atoms with Gasteiger partial charge in [0.25, 0.3) is 0 Å². The number of nitrogens with one attached hydrogen (secondary N) is 1. The van der Waals surface area contributed by atoms with Gasteiger partial charge in [0.2, 0.25) is 0 Å². The molecular weight excluding hydrogens is 466 g/mol. The first-order valence-corrected chi connectivity index (χ1v) is 14.4. The zero-order valence-electron chi connectivity index (χ0n) is 23.0. The molecule has 3 atom stereocenters. The third-order valence-corrected chi connectivity index (χ3v) is 7.26. The number of halogens is 1. The van der Waals surface area contributed by atoms with Crippen molar-refractivity contribution in [1.29, 1.82) is 0 Å². The fraction of sp³-hybridized carbons (Fsp3) is 0.625. The van der Waals surface area contributed by atoms with Crippen LogP contribution in [0.4, 0.5) is 0 Å². The van der Waals surface area contributed by atoms with Crippen LogP contribution < -0.4 is 17.3 Å². The predicted octanol–water partition coefficient (Wildman–Crippen LogP) is 3.92. The van der Waals surface area contributed by atoms with Gasteiger partial charge in [0.1, 0.15) is 12.1 Å². The van der Waals surface area contributed by atoms with E-state index in [1.54, 1.807) is 4.90 Å². The number of hydrogen-bond donors (Lipinski definition) is 2. The first kappa shape index (κ1) is 32.6. The molecule has 0 amide bonds. The SMILES string of the molecule is CCCC[NH+](CCCCCCCCCCCCOCc1ccccc1)[C@H](C)[C@@H](O)c1ccccc1.[Cl-]. The second-order valence-corrected chi connectivity index (χ2v) is 10.2. The molecule has 0 spiro atoms. The lowest BCUT2D eigenvalue weighted by molar-refractivity contribution is -0.928. The lowest BCUT2D eigenvalue weighted by atomic mass is 10.0. The topological polar surface area (TPSA) is 33.9 Å². The molecule has 0 fully saturated rings. The van der Waals surface area contributed by atoms with Crippen molar-refractivity contribution in [2.45, 2.75) is 110 Å². The monoisotopic (exact) mass is 517 g/mol. The quantitative estimate of drug-likeness (QED) is 0.246. The number of hydrogen-bond acceptors (Lipinski definition) is 2. The van der Waals surface area contributed by atoms with Gasteiger partial charge >= 0.3 is 0 Å². The smallest absolute Gasteiger partial charge is 0.130 e. The largest absolute Gasteiger partial charge is 1.00 e. The molecule has 0 radical (unpaired) electrons. The lowest BCUT2D eigenvalue weighted by Gasteiger charge is -2.29. The van der Waals surface area contributed by atoms with Crippen LogP contribution in [0.2, 0.25) is 0 Å². The number of benzene rings is 2. The van der Waals surface area contributed by atoms with Crippen molar-refractivity contribution in [3.63, 3.8) is 0 Å². The minimum atomic E-state index is -0.376. The summed E-state index contributed by atoms with van der Waals surface area (Å²) >= 11 is 0. The van der Waals surface area contributed by atoms with Crippen LogP contribution in [0.15, 0.2) is 60.7 Å². The highest BCUT2D eigenvalue weighted by Gasteiger charge is 2.25. The first-order valence-electron chi connectivity index (χ1n) is 14.4. The lowest BCUT2D eigenvalue weighted by Crippen LogP contribution is -3.16. The summed E-state index contributed by atoms with van der Waals surface area (Å²) in [6, 6.07) is 20.9. The molecule has 0 aromatic heterocycles. The molecule has 1 unspecified atom stereocenters. The van der Waals surface area contributed by atoms with Gasteiger partial charge in [-0.3, -0.25) is 0 Å². The van der Waals surface area contributed by atoms with Gasteiger partial charge in [0.05, 0.1) is 19.7 Å². The molecule has 0 heterocycles. The van der Waals surface area contributed by atoms with Crippen molar-refractivity contribution in [2.24, 2.45) is 0 Å². The van der Waals surface area contributed by atoms with Gasteiger partial charge in [-0.05, 0) is 43.7 Å². The Kier molecular flexibility index (Phi) is 19.6. The molecule has 0 saturated carbocycles. The Balaban J connectivity index is 0.00000648. The van der Waals surface area contributed by atoms with E-state index in [0.717, 1.165) is 18.8 Å². The zero-order chi connectivity index (χ0) is 25.0. The first-order chi connectivity index (χ1) is 17.2. The van der Waals surface area contributed by atoms with E-state index < -0.39 is 0 Å². The van der Waals surface area contributed by atoms with Crippen LogP contribution in [0.3, 0.4) is 0 Å². The Morgan fingerprint density at radius 1 is 0.694 bits per heavy atom. The molecule has 2 aromatic carbocycles. The average Bonchev–Trinajstić information content (AvgIpc) is 2.90. The van der Waals surface area contributed by atoms with Crippen LogP contribution in [0.1, 0.15) is 108 Å². The normalized spacial score (nSPS) is 13.6. The fourth-order valence-corrected chi connectivity index (χ4v) is 4.88. The molecule has 4 heteroatoms. The predicted molar refractivity (Wildman–Crippen MR) is 149 cm³/mol.